The molecule has 1 atom stereocenters. The molecule has 7 heteroatoms. The van der Waals surface area contributed by atoms with Crippen molar-refractivity contribution in [3.05, 3.63) is 35.6 Å². The fourth-order valence-corrected chi connectivity index (χ4v) is 2.85. The number of carbonyl (C=O) groups excluding carboxylic acids is 2. The first-order chi connectivity index (χ1) is 12.2. The van der Waals surface area contributed by atoms with Gasteiger partial charge in [0.1, 0.15) is 17.5 Å². The molecule has 0 aromatic heterocycles. The summed E-state index contributed by atoms with van der Waals surface area (Å²) >= 11 is 0. The number of carbonyl (C=O) groups is 2. The molecule has 0 radical (unpaired) electrons. The molecule has 1 aliphatic heterocycles. The van der Waals surface area contributed by atoms with Crippen LogP contribution in [0.5, 0.6) is 0 Å². The third kappa shape index (κ3) is 5.42. The van der Waals surface area contributed by atoms with Crippen molar-refractivity contribution in [2.45, 2.75) is 39.3 Å². The number of halogens is 1. The van der Waals surface area contributed by atoms with Gasteiger partial charge in [0.05, 0.1) is 6.61 Å². The van der Waals surface area contributed by atoms with Crippen LogP contribution in [-0.2, 0) is 14.3 Å². The van der Waals surface area contributed by atoms with Gasteiger partial charge in [-0.15, -0.1) is 0 Å². The lowest BCUT2D eigenvalue weighted by Crippen LogP contribution is -2.52. The van der Waals surface area contributed by atoms with Gasteiger partial charge in [0.15, 0.2) is 0 Å². The number of amides is 1. The van der Waals surface area contributed by atoms with E-state index in [0.717, 1.165) is 0 Å². The van der Waals surface area contributed by atoms with Crippen LogP contribution < -0.4 is 0 Å². The van der Waals surface area contributed by atoms with E-state index >= 15 is 0 Å². The minimum atomic E-state index is -0.615. The van der Waals surface area contributed by atoms with Crippen molar-refractivity contribution in [1.82, 2.24) is 9.80 Å². The zero-order valence-corrected chi connectivity index (χ0v) is 15.8. The fraction of sp³-hybridized carbons (Fsp3) is 0.579. The lowest BCUT2D eigenvalue weighted by molar-refractivity contribution is -0.150. The summed E-state index contributed by atoms with van der Waals surface area (Å²) < 4.78 is 23.8. The van der Waals surface area contributed by atoms with E-state index in [0.29, 0.717) is 31.7 Å². The summed E-state index contributed by atoms with van der Waals surface area (Å²) in [5.74, 6) is -0.726. The van der Waals surface area contributed by atoms with Crippen LogP contribution in [0.3, 0.4) is 0 Å². The Morgan fingerprint density at radius 2 is 1.69 bits per heavy atom. The Balaban J connectivity index is 2.07. The molecule has 1 amide bonds. The number of hydrogen-bond donors (Lipinski definition) is 0. The van der Waals surface area contributed by atoms with Crippen molar-refractivity contribution in [3.63, 3.8) is 0 Å². The average molecular weight is 366 g/mol. The molecule has 0 spiro atoms. The highest BCUT2D eigenvalue weighted by atomic mass is 19.1. The van der Waals surface area contributed by atoms with Gasteiger partial charge in [-0.3, -0.25) is 4.90 Å². The van der Waals surface area contributed by atoms with Crippen LogP contribution in [-0.4, -0.2) is 60.2 Å². The fourth-order valence-electron chi connectivity index (χ4n) is 2.85. The van der Waals surface area contributed by atoms with Gasteiger partial charge >= 0.3 is 12.1 Å². The summed E-state index contributed by atoms with van der Waals surface area (Å²) in [5.41, 5.74) is 0.131. The second-order valence-corrected chi connectivity index (χ2v) is 7.21. The van der Waals surface area contributed by atoms with E-state index in [2.05, 4.69) is 0 Å². The molecule has 0 bridgehead atoms. The molecule has 0 N–H and O–H groups in total. The van der Waals surface area contributed by atoms with E-state index in [9.17, 15) is 14.0 Å². The topological polar surface area (TPSA) is 59.1 Å². The maximum Gasteiger partial charge on any atom is 0.410 e. The minimum absolute atomic E-state index is 0.272. The second kappa shape index (κ2) is 8.49. The number of ether oxygens (including phenoxy) is 2. The van der Waals surface area contributed by atoms with Crippen LogP contribution in [0.1, 0.15) is 39.3 Å². The lowest BCUT2D eigenvalue weighted by atomic mass is 10.0. The van der Waals surface area contributed by atoms with Gasteiger partial charge in [0.25, 0.3) is 0 Å². The summed E-state index contributed by atoms with van der Waals surface area (Å²) in [6.45, 7) is 9.40. The zero-order chi connectivity index (χ0) is 19.3. The Kier molecular flexibility index (Phi) is 6.58. The van der Waals surface area contributed by atoms with Gasteiger partial charge in [-0.25, -0.2) is 14.0 Å². The summed E-state index contributed by atoms with van der Waals surface area (Å²) in [5, 5.41) is 0. The average Bonchev–Trinajstić information content (AvgIpc) is 2.56. The summed E-state index contributed by atoms with van der Waals surface area (Å²) in [7, 11) is 0. The molecule has 1 aromatic carbocycles. The number of benzene rings is 1. The summed E-state index contributed by atoms with van der Waals surface area (Å²) in [6.07, 6.45) is -0.355. The smallest absolute Gasteiger partial charge is 0.410 e. The molecule has 26 heavy (non-hydrogen) atoms. The Morgan fingerprint density at radius 3 is 2.19 bits per heavy atom. The van der Waals surface area contributed by atoms with E-state index in [1.807, 2.05) is 25.7 Å². The molecule has 0 aliphatic carbocycles. The third-order valence-corrected chi connectivity index (χ3v) is 4.03. The quantitative estimate of drug-likeness (QED) is 0.767. The molecule has 1 unspecified atom stereocenters. The molecule has 1 fully saturated rings. The van der Waals surface area contributed by atoms with Crippen LogP contribution >= 0.6 is 0 Å². The van der Waals surface area contributed by atoms with Gasteiger partial charge in [0.2, 0.25) is 0 Å². The molecule has 0 saturated carbocycles. The Hall–Kier alpha value is -2.15. The van der Waals surface area contributed by atoms with E-state index in [4.69, 9.17) is 9.47 Å². The highest BCUT2D eigenvalue weighted by molar-refractivity contribution is 5.77. The van der Waals surface area contributed by atoms with Gasteiger partial charge in [-0.05, 0) is 45.4 Å². The maximum atomic E-state index is 13.2. The first-order valence-corrected chi connectivity index (χ1v) is 8.85. The predicted molar refractivity (Wildman–Crippen MR) is 95.2 cm³/mol. The molecule has 1 aliphatic rings. The highest BCUT2D eigenvalue weighted by Crippen LogP contribution is 2.25. The van der Waals surface area contributed by atoms with Crippen molar-refractivity contribution >= 4 is 12.1 Å². The summed E-state index contributed by atoms with van der Waals surface area (Å²) in [4.78, 5) is 28.2. The van der Waals surface area contributed by atoms with Crippen LogP contribution in [0.15, 0.2) is 24.3 Å². The van der Waals surface area contributed by atoms with Crippen molar-refractivity contribution in [2.24, 2.45) is 0 Å². The normalized spacial score (nSPS) is 16.9. The number of esters is 1. The molecule has 6 nitrogen and oxygen atoms in total. The standard InChI is InChI=1S/C19H27FN2O4/c1-5-25-17(23)16(14-6-8-15(20)9-7-14)21-10-12-22(13-11-21)18(24)26-19(2,3)4/h6-9,16H,5,10-13H2,1-4H3. The highest BCUT2D eigenvalue weighted by Gasteiger charge is 2.33. The Morgan fingerprint density at radius 1 is 1.12 bits per heavy atom. The molecule has 1 heterocycles. The molecule has 1 saturated heterocycles. The first-order valence-electron chi connectivity index (χ1n) is 8.85. The van der Waals surface area contributed by atoms with Crippen molar-refractivity contribution < 1.29 is 23.5 Å². The number of piperazine rings is 1. The van der Waals surface area contributed by atoms with E-state index in [1.165, 1.54) is 12.1 Å². The molecule has 2 rings (SSSR count). The van der Waals surface area contributed by atoms with Gasteiger partial charge < -0.3 is 14.4 Å². The first kappa shape index (κ1) is 20.2. The third-order valence-electron chi connectivity index (χ3n) is 4.03. The van der Waals surface area contributed by atoms with Gasteiger partial charge in [-0.1, -0.05) is 12.1 Å². The summed E-state index contributed by atoms with van der Waals surface area (Å²) in [6, 6.07) is 5.24. The number of nitrogens with zero attached hydrogens (tertiary/aromatic N) is 2. The molecule has 144 valence electrons. The van der Waals surface area contributed by atoms with Crippen LogP contribution in [0, 0.1) is 5.82 Å². The van der Waals surface area contributed by atoms with Crippen molar-refractivity contribution in [2.75, 3.05) is 32.8 Å². The minimum Gasteiger partial charge on any atom is -0.465 e. The van der Waals surface area contributed by atoms with E-state index < -0.39 is 11.6 Å². The number of hydrogen-bond acceptors (Lipinski definition) is 5. The van der Waals surface area contributed by atoms with Crippen molar-refractivity contribution in [3.8, 4) is 0 Å². The monoisotopic (exact) mass is 366 g/mol. The predicted octanol–water partition coefficient (Wildman–Crippen LogP) is 2.98. The van der Waals surface area contributed by atoms with Crippen LogP contribution in [0.2, 0.25) is 0 Å². The van der Waals surface area contributed by atoms with Gasteiger partial charge in [-0.2, -0.15) is 0 Å². The molecular formula is C19H27FN2O4. The van der Waals surface area contributed by atoms with Crippen LogP contribution in [0.25, 0.3) is 0 Å². The largest absolute Gasteiger partial charge is 0.465 e. The lowest BCUT2D eigenvalue weighted by Gasteiger charge is -2.38. The molecule has 1 aromatic rings. The second-order valence-electron chi connectivity index (χ2n) is 7.21. The Bertz CT molecular complexity index is 619. The van der Waals surface area contributed by atoms with Crippen molar-refractivity contribution in [1.29, 1.82) is 0 Å². The van der Waals surface area contributed by atoms with E-state index in [1.54, 1.807) is 24.0 Å². The zero-order valence-electron chi connectivity index (χ0n) is 15.8. The van der Waals surface area contributed by atoms with Gasteiger partial charge in [0, 0.05) is 26.2 Å². The molecular weight excluding hydrogens is 339 g/mol. The number of rotatable bonds is 4. The SMILES string of the molecule is CCOC(=O)C(c1ccc(F)cc1)N1CCN(C(=O)OC(C)(C)C)CC1. The van der Waals surface area contributed by atoms with Crippen LogP contribution in [0.4, 0.5) is 9.18 Å². The van der Waals surface area contributed by atoms with E-state index in [-0.39, 0.29) is 24.5 Å². The Labute approximate surface area is 153 Å². The maximum absolute atomic E-state index is 13.2.